The molecule has 0 rings (SSSR count). The van der Waals surface area contributed by atoms with E-state index >= 15 is 0 Å². The number of carbonyl (C=O) groups is 3. The highest BCUT2D eigenvalue weighted by Gasteiger charge is 2.25. The van der Waals surface area contributed by atoms with Gasteiger partial charge in [0.15, 0.2) is 6.10 Å². The van der Waals surface area contributed by atoms with Crippen molar-refractivity contribution in [3.63, 3.8) is 0 Å². The van der Waals surface area contributed by atoms with E-state index < -0.39 is 24.3 Å². The third-order valence-electron chi connectivity index (χ3n) is 14.2. The normalized spacial score (nSPS) is 13.2. The standard InChI is InChI=1S/C69H123NO8/c1-6-8-10-12-14-16-18-20-22-24-26-28-29-30-31-32-33-34-35-36-37-38-39-40-42-44-46-48-50-52-54-56-58-60-67(72)78-65(64-77-69(68(73)74)75-62-61-70(3,4)5)63-76-66(71)59-57-55-53-51-49-47-45-43-41-27-25-23-21-19-17-15-13-11-9-7-2/h8,10,14,16,20,22,26,28,30-31,33-34,65,69H,6-7,9,11-13,15,17-19,21,23-25,27,29,32,35-64H2,1-5H3/p+1/b10-8-,16-14-,22-20-,28-26-,31-30-,34-33-. The van der Waals surface area contributed by atoms with Gasteiger partial charge in [-0.2, -0.15) is 0 Å². The molecule has 0 radical (unpaired) electrons. The number of esters is 2. The molecule has 0 aliphatic rings. The summed E-state index contributed by atoms with van der Waals surface area (Å²) in [6.07, 6.45) is 75.7. The van der Waals surface area contributed by atoms with Crippen LogP contribution < -0.4 is 0 Å². The zero-order chi connectivity index (χ0) is 56.9. The van der Waals surface area contributed by atoms with Gasteiger partial charge in [0.1, 0.15) is 13.2 Å². The van der Waals surface area contributed by atoms with E-state index in [1.54, 1.807) is 0 Å². The number of nitrogens with zero attached hydrogens (tertiary/aromatic N) is 1. The number of aliphatic carboxylic acids is 1. The van der Waals surface area contributed by atoms with E-state index in [0.29, 0.717) is 17.4 Å². The molecule has 0 fully saturated rings. The molecule has 2 unspecified atom stereocenters. The molecule has 452 valence electrons. The first-order valence-corrected chi connectivity index (χ1v) is 32.6. The fourth-order valence-corrected chi connectivity index (χ4v) is 9.26. The molecule has 9 heteroatoms. The second kappa shape index (κ2) is 59.8. The van der Waals surface area contributed by atoms with E-state index in [2.05, 4.69) is 86.8 Å². The molecule has 0 aromatic rings. The summed E-state index contributed by atoms with van der Waals surface area (Å²) in [4.78, 5) is 37.5. The second-order valence-electron chi connectivity index (χ2n) is 23.1. The average molecular weight is 1100 g/mol. The molecule has 0 amide bonds. The fourth-order valence-electron chi connectivity index (χ4n) is 9.26. The highest BCUT2D eigenvalue weighted by Crippen LogP contribution is 2.17. The monoisotopic (exact) mass is 1090 g/mol. The number of unbranched alkanes of at least 4 members (excludes halogenated alkanes) is 33. The van der Waals surface area contributed by atoms with Gasteiger partial charge in [0.05, 0.1) is 34.4 Å². The zero-order valence-corrected chi connectivity index (χ0v) is 51.6. The Hall–Kier alpha value is -3.27. The van der Waals surface area contributed by atoms with Gasteiger partial charge >= 0.3 is 17.9 Å². The van der Waals surface area contributed by atoms with Crippen molar-refractivity contribution in [3.05, 3.63) is 72.9 Å². The van der Waals surface area contributed by atoms with Crippen LogP contribution in [0, 0.1) is 0 Å². The van der Waals surface area contributed by atoms with Crippen molar-refractivity contribution >= 4 is 17.9 Å². The molecule has 0 aliphatic heterocycles. The van der Waals surface area contributed by atoms with E-state index in [1.165, 1.54) is 186 Å². The van der Waals surface area contributed by atoms with Crippen LogP contribution in [0.2, 0.25) is 0 Å². The summed E-state index contributed by atoms with van der Waals surface area (Å²) in [6.45, 7) is 4.80. The van der Waals surface area contributed by atoms with Crippen LogP contribution >= 0.6 is 0 Å². The predicted molar refractivity (Wildman–Crippen MR) is 332 cm³/mol. The van der Waals surface area contributed by atoms with Gasteiger partial charge in [0.25, 0.3) is 6.29 Å². The van der Waals surface area contributed by atoms with Crippen LogP contribution in [0.25, 0.3) is 0 Å². The zero-order valence-electron chi connectivity index (χ0n) is 51.6. The lowest BCUT2D eigenvalue weighted by Crippen LogP contribution is -2.40. The highest BCUT2D eigenvalue weighted by molar-refractivity contribution is 5.71. The molecule has 2 atom stereocenters. The molecule has 0 saturated heterocycles. The molecule has 0 aromatic heterocycles. The van der Waals surface area contributed by atoms with E-state index in [-0.39, 0.29) is 32.2 Å². The number of allylic oxidation sites excluding steroid dienone is 12. The summed E-state index contributed by atoms with van der Waals surface area (Å²) in [7, 11) is 5.98. The first-order valence-electron chi connectivity index (χ1n) is 32.6. The molecular formula is C69H124NO8+. The Balaban J connectivity index is 4.13. The maximum Gasteiger partial charge on any atom is 0.361 e. The van der Waals surface area contributed by atoms with Crippen molar-refractivity contribution in [1.82, 2.24) is 0 Å². The first-order chi connectivity index (χ1) is 38.1. The molecule has 78 heavy (non-hydrogen) atoms. The number of carbonyl (C=O) groups excluding carboxylic acids is 2. The van der Waals surface area contributed by atoms with Crippen molar-refractivity contribution < 1.29 is 42.9 Å². The van der Waals surface area contributed by atoms with Crippen LogP contribution in [0.15, 0.2) is 72.9 Å². The summed E-state index contributed by atoms with van der Waals surface area (Å²) in [5.41, 5.74) is 0. The van der Waals surface area contributed by atoms with Gasteiger partial charge in [-0.1, -0.05) is 286 Å². The topological polar surface area (TPSA) is 108 Å². The lowest BCUT2D eigenvalue weighted by atomic mass is 10.0. The van der Waals surface area contributed by atoms with E-state index in [1.807, 2.05) is 21.1 Å². The van der Waals surface area contributed by atoms with Crippen LogP contribution in [-0.4, -0.2) is 87.4 Å². The molecule has 1 N–H and O–H groups in total. The predicted octanol–water partition coefficient (Wildman–Crippen LogP) is 19.7. The number of rotatable bonds is 60. The number of likely N-dealkylation sites (N-methyl/N-ethyl adjacent to an activating group) is 1. The van der Waals surface area contributed by atoms with E-state index in [9.17, 15) is 19.5 Å². The van der Waals surface area contributed by atoms with Gasteiger partial charge in [-0.05, 0) is 64.2 Å². The van der Waals surface area contributed by atoms with Gasteiger partial charge in [0.2, 0.25) is 0 Å². The van der Waals surface area contributed by atoms with Gasteiger partial charge < -0.3 is 28.5 Å². The number of carboxylic acid groups (broad SMARTS) is 1. The van der Waals surface area contributed by atoms with Gasteiger partial charge in [-0.25, -0.2) is 4.79 Å². The quantitative estimate of drug-likeness (QED) is 0.0211. The summed E-state index contributed by atoms with van der Waals surface area (Å²) in [5.74, 6) is -1.99. The molecule has 0 heterocycles. The number of hydrogen-bond donors (Lipinski definition) is 1. The highest BCUT2D eigenvalue weighted by atomic mass is 16.7. The minimum Gasteiger partial charge on any atom is -0.477 e. The van der Waals surface area contributed by atoms with Crippen molar-refractivity contribution in [2.75, 3.05) is 47.5 Å². The van der Waals surface area contributed by atoms with Crippen LogP contribution in [0.4, 0.5) is 0 Å². The Bertz CT molecular complexity index is 1510. The Labute approximate surface area is 481 Å². The summed E-state index contributed by atoms with van der Waals surface area (Å²) >= 11 is 0. The lowest BCUT2D eigenvalue weighted by Gasteiger charge is -2.25. The van der Waals surface area contributed by atoms with Crippen LogP contribution in [0.5, 0.6) is 0 Å². The summed E-state index contributed by atoms with van der Waals surface area (Å²) in [6, 6.07) is 0. The maximum atomic E-state index is 12.9. The summed E-state index contributed by atoms with van der Waals surface area (Å²) in [5, 5.41) is 9.73. The van der Waals surface area contributed by atoms with Crippen LogP contribution in [0.1, 0.15) is 290 Å². The molecule has 0 saturated carbocycles. The van der Waals surface area contributed by atoms with Gasteiger partial charge in [0, 0.05) is 12.8 Å². The van der Waals surface area contributed by atoms with Crippen molar-refractivity contribution in [1.29, 1.82) is 0 Å². The average Bonchev–Trinajstić information content (AvgIpc) is 3.41. The van der Waals surface area contributed by atoms with Crippen LogP contribution in [-0.2, 0) is 33.3 Å². The minimum absolute atomic E-state index is 0.180. The molecule has 0 aliphatic carbocycles. The Morgan fingerprint density at radius 3 is 1.09 bits per heavy atom. The number of ether oxygens (including phenoxy) is 4. The molecule has 9 nitrogen and oxygen atoms in total. The molecule has 0 aromatic carbocycles. The molecular weight excluding hydrogens is 971 g/mol. The fraction of sp³-hybridized carbons (Fsp3) is 0.783. The number of quaternary nitrogens is 1. The number of hydrogen-bond acceptors (Lipinski definition) is 7. The SMILES string of the molecule is CC/C=C\C/C=C\C/C=C\C/C=C\C/C=C\C/C=C\CCCCCCCCCCCCCCCCC(=O)OC(COC(=O)CCCCCCCCCCCCCCCCCCCCCC)COC(OCC[N+](C)(C)C)C(=O)O. The van der Waals surface area contributed by atoms with Crippen molar-refractivity contribution in [3.8, 4) is 0 Å². The summed E-state index contributed by atoms with van der Waals surface area (Å²) < 4.78 is 23.0. The van der Waals surface area contributed by atoms with Gasteiger partial charge in [-0.3, -0.25) is 9.59 Å². The third-order valence-corrected chi connectivity index (χ3v) is 14.2. The Morgan fingerprint density at radius 1 is 0.397 bits per heavy atom. The van der Waals surface area contributed by atoms with Crippen LogP contribution in [0.3, 0.4) is 0 Å². The van der Waals surface area contributed by atoms with Crippen molar-refractivity contribution in [2.45, 2.75) is 302 Å². The number of carboxylic acids is 1. The second-order valence-corrected chi connectivity index (χ2v) is 23.1. The Morgan fingerprint density at radius 2 is 0.731 bits per heavy atom. The smallest absolute Gasteiger partial charge is 0.361 e. The molecule has 0 bridgehead atoms. The third kappa shape index (κ3) is 60.4. The Kier molecular flexibility index (Phi) is 57.3. The van der Waals surface area contributed by atoms with Crippen molar-refractivity contribution in [2.24, 2.45) is 0 Å². The van der Waals surface area contributed by atoms with Gasteiger partial charge in [-0.15, -0.1) is 0 Å². The lowest BCUT2D eigenvalue weighted by molar-refractivity contribution is -0.870. The van der Waals surface area contributed by atoms with E-state index in [0.717, 1.165) is 77.0 Å². The largest absolute Gasteiger partial charge is 0.477 e. The van der Waals surface area contributed by atoms with E-state index in [4.69, 9.17) is 18.9 Å². The maximum absolute atomic E-state index is 12.9. The minimum atomic E-state index is -1.51. The molecule has 0 spiro atoms. The first kappa shape index (κ1) is 74.7.